The van der Waals surface area contributed by atoms with Crippen molar-refractivity contribution >= 4 is 17.2 Å². The molecule has 0 saturated heterocycles. The molecule has 0 fully saturated rings. The van der Waals surface area contributed by atoms with Gasteiger partial charge >= 0.3 is 0 Å². The zero-order valence-electron chi connectivity index (χ0n) is 12.9. The van der Waals surface area contributed by atoms with Crippen molar-refractivity contribution in [2.45, 2.75) is 25.9 Å². The van der Waals surface area contributed by atoms with Crippen LogP contribution < -0.4 is 0 Å². The highest BCUT2D eigenvalue weighted by atomic mass is 32.1. The van der Waals surface area contributed by atoms with Gasteiger partial charge in [0, 0.05) is 13.0 Å². The van der Waals surface area contributed by atoms with E-state index in [1.807, 2.05) is 40.6 Å². The largest absolute Gasteiger partial charge is 0.467 e. The Kier molecular flexibility index (Phi) is 5.27. The van der Waals surface area contributed by atoms with Crippen LogP contribution in [0.3, 0.4) is 0 Å². The van der Waals surface area contributed by atoms with Crippen molar-refractivity contribution in [3.05, 3.63) is 82.4 Å². The van der Waals surface area contributed by atoms with Gasteiger partial charge in [0.25, 0.3) is 0 Å². The average Bonchev–Trinajstić information content (AvgIpc) is 3.27. The van der Waals surface area contributed by atoms with Crippen molar-refractivity contribution < 1.29 is 9.21 Å². The predicted molar refractivity (Wildman–Crippen MR) is 92.0 cm³/mol. The summed E-state index contributed by atoms with van der Waals surface area (Å²) in [5.41, 5.74) is 2.35. The molecular formula is C19H19NO2S. The molecular weight excluding hydrogens is 306 g/mol. The van der Waals surface area contributed by atoms with Gasteiger partial charge in [-0.25, -0.2) is 0 Å². The highest BCUT2D eigenvalue weighted by Crippen LogP contribution is 2.15. The van der Waals surface area contributed by atoms with Gasteiger partial charge in [0.05, 0.1) is 12.8 Å². The first kappa shape index (κ1) is 15.6. The van der Waals surface area contributed by atoms with E-state index >= 15 is 0 Å². The molecule has 118 valence electrons. The topological polar surface area (TPSA) is 33.5 Å². The second-order valence-electron chi connectivity index (χ2n) is 5.45. The van der Waals surface area contributed by atoms with E-state index in [1.165, 1.54) is 5.56 Å². The maximum Gasteiger partial charge on any atom is 0.223 e. The molecule has 3 rings (SSSR count). The molecule has 4 heteroatoms. The van der Waals surface area contributed by atoms with Gasteiger partial charge in [-0.15, -0.1) is 0 Å². The van der Waals surface area contributed by atoms with Crippen LogP contribution in [-0.4, -0.2) is 10.8 Å². The number of rotatable bonds is 7. The van der Waals surface area contributed by atoms with Crippen molar-refractivity contribution in [3.63, 3.8) is 0 Å². The summed E-state index contributed by atoms with van der Waals surface area (Å²) >= 11 is 1.65. The molecule has 0 aliphatic carbocycles. The molecule has 0 N–H and O–H groups in total. The summed E-state index contributed by atoms with van der Waals surface area (Å²) in [6, 6.07) is 15.9. The molecule has 0 atom stereocenters. The van der Waals surface area contributed by atoms with E-state index in [2.05, 4.69) is 23.6 Å². The van der Waals surface area contributed by atoms with Crippen LogP contribution in [0.5, 0.6) is 0 Å². The Hall–Kier alpha value is -2.33. The van der Waals surface area contributed by atoms with E-state index in [1.54, 1.807) is 17.6 Å². The molecule has 0 spiro atoms. The van der Waals surface area contributed by atoms with Crippen molar-refractivity contribution in [1.29, 1.82) is 0 Å². The first-order valence-electron chi connectivity index (χ1n) is 7.66. The highest BCUT2D eigenvalue weighted by molar-refractivity contribution is 7.07. The highest BCUT2D eigenvalue weighted by Gasteiger charge is 2.16. The third-order valence-corrected chi connectivity index (χ3v) is 4.44. The van der Waals surface area contributed by atoms with E-state index in [0.29, 0.717) is 19.5 Å². The van der Waals surface area contributed by atoms with Gasteiger partial charge in [0.1, 0.15) is 5.76 Å². The van der Waals surface area contributed by atoms with E-state index in [0.717, 1.165) is 17.7 Å². The Morgan fingerprint density at radius 1 is 1.00 bits per heavy atom. The van der Waals surface area contributed by atoms with Crippen molar-refractivity contribution in [2.24, 2.45) is 0 Å². The van der Waals surface area contributed by atoms with Gasteiger partial charge in [-0.05, 0) is 46.5 Å². The summed E-state index contributed by atoms with van der Waals surface area (Å²) in [6.07, 6.45) is 2.92. The van der Waals surface area contributed by atoms with Crippen LogP contribution in [-0.2, 0) is 24.3 Å². The first-order chi connectivity index (χ1) is 11.3. The lowest BCUT2D eigenvalue weighted by Gasteiger charge is -2.21. The molecule has 1 aromatic carbocycles. The molecule has 0 aliphatic heterocycles. The van der Waals surface area contributed by atoms with Crippen LogP contribution in [0.2, 0.25) is 0 Å². The normalized spacial score (nSPS) is 10.6. The van der Waals surface area contributed by atoms with Gasteiger partial charge < -0.3 is 9.32 Å². The fraction of sp³-hybridized carbons (Fsp3) is 0.211. The number of furan rings is 1. The van der Waals surface area contributed by atoms with Gasteiger partial charge in [-0.2, -0.15) is 11.3 Å². The van der Waals surface area contributed by atoms with Crippen molar-refractivity contribution in [2.75, 3.05) is 0 Å². The predicted octanol–water partition coefficient (Wildman–Crippen LogP) is 4.50. The van der Waals surface area contributed by atoms with Gasteiger partial charge in [-0.1, -0.05) is 30.3 Å². The van der Waals surface area contributed by atoms with Crippen LogP contribution in [0.25, 0.3) is 0 Å². The van der Waals surface area contributed by atoms with Crippen LogP contribution >= 0.6 is 11.3 Å². The molecule has 3 nitrogen and oxygen atoms in total. The van der Waals surface area contributed by atoms with Crippen molar-refractivity contribution in [1.82, 2.24) is 4.90 Å². The Morgan fingerprint density at radius 2 is 1.87 bits per heavy atom. The molecule has 0 unspecified atom stereocenters. The molecule has 3 aromatic rings. The number of nitrogens with zero attached hydrogens (tertiary/aromatic N) is 1. The molecule has 2 heterocycles. The third kappa shape index (κ3) is 4.57. The second kappa shape index (κ2) is 7.79. The van der Waals surface area contributed by atoms with E-state index in [9.17, 15) is 4.79 Å². The summed E-state index contributed by atoms with van der Waals surface area (Å²) in [5, 5.41) is 4.12. The fourth-order valence-electron chi connectivity index (χ4n) is 2.48. The summed E-state index contributed by atoms with van der Waals surface area (Å²) < 4.78 is 5.40. The SMILES string of the molecule is O=C(CCc1ccccc1)N(Cc1ccsc1)Cc1ccco1. The Labute approximate surface area is 140 Å². The lowest BCUT2D eigenvalue weighted by Crippen LogP contribution is -2.30. The quantitative estimate of drug-likeness (QED) is 0.641. The van der Waals surface area contributed by atoms with Gasteiger partial charge in [0.15, 0.2) is 0 Å². The lowest BCUT2D eigenvalue weighted by molar-refractivity contribution is -0.132. The van der Waals surface area contributed by atoms with E-state index in [-0.39, 0.29) is 5.91 Å². The number of amides is 1. The second-order valence-corrected chi connectivity index (χ2v) is 6.23. The maximum absolute atomic E-state index is 12.7. The maximum atomic E-state index is 12.7. The standard InChI is InChI=1S/C19H19NO2S/c21-19(9-8-16-5-2-1-3-6-16)20(13-17-10-12-23-15-17)14-18-7-4-11-22-18/h1-7,10-12,15H,8-9,13-14H2. The number of hydrogen-bond acceptors (Lipinski definition) is 3. The number of benzene rings is 1. The smallest absolute Gasteiger partial charge is 0.223 e. The third-order valence-electron chi connectivity index (χ3n) is 3.70. The molecule has 1 amide bonds. The Bertz CT molecular complexity index is 669. The first-order valence-corrected chi connectivity index (χ1v) is 8.61. The van der Waals surface area contributed by atoms with Crippen LogP contribution in [0, 0.1) is 0 Å². The lowest BCUT2D eigenvalue weighted by atomic mass is 10.1. The monoisotopic (exact) mass is 325 g/mol. The number of thiophene rings is 1. The van der Waals surface area contributed by atoms with Gasteiger partial charge in [-0.3, -0.25) is 4.79 Å². The molecule has 0 bridgehead atoms. The summed E-state index contributed by atoms with van der Waals surface area (Å²) in [4.78, 5) is 14.5. The molecule has 0 saturated carbocycles. The molecule has 0 aliphatic rings. The zero-order valence-corrected chi connectivity index (χ0v) is 13.7. The summed E-state index contributed by atoms with van der Waals surface area (Å²) in [7, 11) is 0. The number of carbonyl (C=O) groups is 1. The van der Waals surface area contributed by atoms with Gasteiger partial charge in [0.2, 0.25) is 5.91 Å². The Morgan fingerprint density at radius 3 is 2.57 bits per heavy atom. The minimum absolute atomic E-state index is 0.149. The van der Waals surface area contributed by atoms with Crippen LogP contribution in [0.15, 0.2) is 70.0 Å². The average molecular weight is 325 g/mol. The van der Waals surface area contributed by atoms with Crippen LogP contribution in [0.4, 0.5) is 0 Å². The molecule has 2 aromatic heterocycles. The number of aryl methyl sites for hydroxylation is 1. The summed E-state index contributed by atoms with van der Waals surface area (Å²) in [6.45, 7) is 1.13. The zero-order chi connectivity index (χ0) is 15.9. The number of carbonyl (C=O) groups excluding carboxylic acids is 1. The van der Waals surface area contributed by atoms with E-state index < -0.39 is 0 Å². The summed E-state index contributed by atoms with van der Waals surface area (Å²) in [5.74, 6) is 0.963. The van der Waals surface area contributed by atoms with E-state index in [4.69, 9.17) is 4.42 Å². The minimum Gasteiger partial charge on any atom is -0.467 e. The number of hydrogen-bond donors (Lipinski definition) is 0. The van der Waals surface area contributed by atoms with Crippen molar-refractivity contribution in [3.8, 4) is 0 Å². The fourth-order valence-corrected chi connectivity index (χ4v) is 3.14. The Balaban J connectivity index is 1.65. The molecule has 23 heavy (non-hydrogen) atoms. The minimum atomic E-state index is 0.149. The molecule has 0 radical (unpaired) electrons. The van der Waals surface area contributed by atoms with Crippen LogP contribution in [0.1, 0.15) is 23.3 Å².